The molecule has 0 aromatic carbocycles. The van der Waals surface area contributed by atoms with E-state index < -0.39 is 5.54 Å². The Hall–Kier alpha value is -1.06. The molecule has 108 valence electrons. The van der Waals surface area contributed by atoms with Gasteiger partial charge >= 0.3 is 0 Å². The monoisotopic (exact) mass is 266 g/mol. The highest BCUT2D eigenvalue weighted by Gasteiger charge is 2.48. The summed E-state index contributed by atoms with van der Waals surface area (Å²) in [6, 6.07) is -0.271. The minimum Gasteiger partial charge on any atom is -0.340 e. The summed E-state index contributed by atoms with van der Waals surface area (Å²) in [5.74, 6) is 1.16. The number of carbonyl (C=O) groups is 2. The standard InChI is InChI=1S/C15H26N2O2/c1-5-15(4)14(19)17(9-11-6-7-11)12(8-10(2)3)13(18)16-15/h10-12H,5-9H2,1-4H3,(H,16,18). The topological polar surface area (TPSA) is 49.4 Å². The predicted octanol–water partition coefficient (Wildman–Crippen LogP) is 1.94. The van der Waals surface area contributed by atoms with Crippen molar-refractivity contribution in [3.05, 3.63) is 0 Å². The van der Waals surface area contributed by atoms with Gasteiger partial charge in [-0.2, -0.15) is 0 Å². The second kappa shape index (κ2) is 5.14. The van der Waals surface area contributed by atoms with Crippen molar-refractivity contribution in [1.82, 2.24) is 10.2 Å². The third kappa shape index (κ3) is 2.93. The third-order valence-corrected chi connectivity index (χ3v) is 4.36. The minimum atomic E-state index is -0.709. The fourth-order valence-corrected chi connectivity index (χ4v) is 2.72. The molecule has 2 atom stereocenters. The zero-order chi connectivity index (χ0) is 14.2. The number of hydrogen-bond donors (Lipinski definition) is 1. The van der Waals surface area contributed by atoms with E-state index in [-0.39, 0.29) is 17.9 Å². The minimum absolute atomic E-state index is 0.0262. The Morgan fingerprint density at radius 2 is 2.00 bits per heavy atom. The Kier molecular flexibility index (Phi) is 3.88. The van der Waals surface area contributed by atoms with Crippen molar-refractivity contribution in [3.63, 3.8) is 0 Å². The van der Waals surface area contributed by atoms with Crippen molar-refractivity contribution in [1.29, 1.82) is 0 Å². The van der Waals surface area contributed by atoms with Crippen LogP contribution in [-0.2, 0) is 9.59 Å². The quantitative estimate of drug-likeness (QED) is 0.826. The molecule has 2 aliphatic rings. The first-order chi connectivity index (χ1) is 8.87. The van der Waals surface area contributed by atoms with Gasteiger partial charge in [-0.3, -0.25) is 9.59 Å². The van der Waals surface area contributed by atoms with Crippen LogP contribution >= 0.6 is 0 Å². The lowest BCUT2D eigenvalue weighted by molar-refractivity contribution is -0.155. The molecular formula is C15H26N2O2. The lowest BCUT2D eigenvalue weighted by Crippen LogP contribution is -2.69. The van der Waals surface area contributed by atoms with E-state index >= 15 is 0 Å². The Morgan fingerprint density at radius 1 is 1.37 bits per heavy atom. The Bertz CT molecular complexity index is 376. The molecule has 2 amide bonds. The summed E-state index contributed by atoms with van der Waals surface area (Å²) in [4.78, 5) is 26.9. The molecule has 1 aliphatic heterocycles. The molecule has 4 nitrogen and oxygen atoms in total. The van der Waals surface area contributed by atoms with Gasteiger partial charge in [0.25, 0.3) is 0 Å². The summed E-state index contributed by atoms with van der Waals surface area (Å²) >= 11 is 0. The van der Waals surface area contributed by atoms with Gasteiger partial charge in [-0.1, -0.05) is 20.8 Å². The highest BCUT2D eigenvalue weighted by atomic mass is 16.2. The van der Waals surface area contributed by atoms with Crippen molar-refractivity contribution in [2.45, 2.75) is 65.0 Å². The molecule has 0 spiro atoms. The number of rotatable bonds is 5. The SMILES string of the molecule is CCC1(C)NC(=O)C(CC(C)C)N(CC2CC2)C1=O. The molecule has 1 heterocycles. The van der Waals surface area contributed by atoms with Crippen molar-refractivity contribution >= 4 is 11.8 Å². The number of carbonyl (C=O) groups excluding carboxylic acids is 2. The molecule has 19 heavy (non-hydrogen) atoms. The smallest absolute Gasteiger partial charge is 0.248 e. The molecule has 0 aromatic rings. The van der Waals surface area contributed by atoms with E-state index in [0.29, 0.717) is 18.3 Å². The molecule has 1 N–H and O–H groups in total. The Morgan fingerprint density at radius 3 is 2.47 bits per heavy atom. The van der Waals surface area contributed by atoms with Gasteiger partial charge in [0, 0.05) is 6.54 Å². The zero-order valence-electron chi connectivity index (χ0n) is 12.5. The average molecular weight is 266 g/mol. The largest absolute Gasteiger partial charge is 0.340 e. The molecule has 0 radical (unpaired) electrons. The van der Waals surface area contributed by atoms with E-state index in [1.54, 1.807) is 0 Å². The van der Waals surface area contributed by atoms with Gasteiger partial charge in [-0.05, 0) is 44.4 Å². The van der Waals surface area contributed by atoms with E-state index in [4.69, 9.17) is 0 Å². The number of nitrogens with one attached hydrogen (secondary N) is 1. The molecule has 1 saturated heterocycles. The van der Waals surface area contributed by atoms with Gasteiger partial charge in [-0.15, -0.1) is 0 Å². The maximum absolute atomic E-state index is 12.7. The van der Waals surface area contributed by atoms with Crippen LogP contribution in [0.2, 0.25) is 0 Å². The van der Waals surface area contributed by atoms with Crippen LogP contribution in [-0.4, -0.2) is 34.8 Å². The molecule has 1 aliphatic carbocycles. The van der Waals surface area contributed by atoms with E-state index in [0.717, 1.165) is 13.0 Å². The van der Waals surface area contributed by atoms with Crippen LogP contribution in [0.1, 0.15) is 53.4 Å². The molecular weight excluding hydrogens is 240 g/mol. The fourth-order valence-electron chi connectivity index (χ4n) is 2.72. The van der Waals surface area contributed by atoms with Gasteiger partial charge in [0.2, 0.25) is 11.8 Å². The third-order valence-electron chi connectivity index (χ3n) is 4.36. The van der Waals surface area contributed by atoms with Crippen LogP contribution < -0.4 is 5.32 Å². The van der Waals surface area contributed by atoms with Crippen LogP contribution in [0.5, 0.6) is 0 Å². The lowest BCUT2D eigenvalue weighted by Gasteiger charge is -2.44. The molecule has 2 rings (SSSR count). The van der Waals surface area contributed by atoms with Crippen LogP contribution in [0.15, 0.2) is 0 Å². The number of piperazine rings is 1. The maximum atomic E-state index is 12.7. The first-order valence-corrected chi connectivity index (χ1v) is 7.50. The van der Waals surface area contributed by atoms with E-state index in [9.17, 15) is 9.59 Å². The van der Waals surface area contributed by atoms with E-state index in [1.807, 2.05) is 18.7 Å². The lowest BCUT2D eigenvalue weighted by atomic mass is 9.89. The normalized spacial score (nSPS) is 31.8. The van der Waals surface area contributed by atoms with Crippen molar-refractivity contribution in [3.8, 4) is 0 Å². The number of hydrogen-bond acceptors (Lipinski definition) is 2. The van der Waals surface area contributed by atoms with Crippen LogP contribution in [0.25, 0.3) is 0 Å². The second-order valence-electron chi connectivity index (χ2n) is 6.72. The summed E-state index contributed by atoms with van der Waals surface area (Å²) in [5, 5.41) is 2.94. The Balaban J connectivity index is 2.21. The summed E-state index contributed by atoms with van der Waals surface area (Å²) in [6.45, 7) is 8.76. The van der Waals surface area contributed by atoms with Crippen LogP contribution in [0.3, 0.4) is 0 Å². The Labute approximate surface area is 115 Å². The molecule has 0 bridgehead atoms. The number of amides is 2. The molecule has 0 aromatic heterocycles. The molecule has 2 unspecified atom stereocenters. The maximum Gasteiger partial charge on any atom is 0.248 e. The summed E-state index contributed by atoms with van der Waals surface area (Å²) in [7, 11) is 0. The average Bonchev–Trinajstić information content (AvgIpc) is 3.14. The summed E-state index contributed by atoms with van der Waals surface area (Å²) in [5.41, 5.74) is -0.709. The predicted molar refractivity (Wildman–Crippen MR) is 74.5 cm³/mol. The van der Waals surface area contributed by atoms with Gasteiger partial charge < -0.3 is 10.2 Å². The van der Waals surface area contributed by atoms with Crippen molar-refractivity contribution < 1.29 is 9.59 Å². The molecule has 1 saturated carbocycles. The molecule has 4 heteroatoms. The number of nitrogens with zero attached hydrogens (tertiary/aromatic N) is 1. The van der Waals surface area contributed by atoms with Gasteiger partial charge in [-0.25, -0.2) is 0 Å². The first-order valence-electron chi connectivity index (χ1n) is 7.50. The van der Waals surface area contributed by atoms with E-state index in [1.165, 1.54) is 12.8 Å². The van der Waals surface area contributed by atoms with Crippen molar-refractivity contribution in [2.75, 3.05) is 6.54 Å². The summed E-state index contributed by atoms with van der Waals surface area (Å²) < 4.78 is 0. The summed E-state index contributed by atoms with van der Waals surface area (Å²) in [6.07, 6.45) is 3.79. The van der Waals surface area contributed by atoms with Crippen LogP contribution in [0.4, 0.5) is 0 Å². The first kappa shape index (κ1) is 14.4. The van der Waals surface area contributed by atoms with Crippen molar-refractivity contribution in [2.24, 2.45) is 11.8 Å². The molecule has 2 fully saturated rings. The van der Waals surface area contributed by atoms with E-state index in [2.05, 4.69) is 19.2 Å². The van der Waals surface area contributed by atoms with Gasteiger partial charge in [0.1, 0.15) is 11.6 Å². The highest BCUT2D eigenvalue weighted by molar-refractivity contribution is 5.99. The van der Waals surface area contributed by atoms with Gasteiger partial charge in [0.15, 0.2) is 0 Å². The van der Waals surface area contributed by atoms with Crippen LogP contribution in [0, 0.1) is 11.8 Å². The van der Waals surface area contributed by atoms with Gasteiger partial charge in [0.05, 0.1) is 0 Å². The second-order valence-corrected chi connectivity index (χ2v) is 6.72. The zero-order valence-corrected chi connectivity index (χ0v) is 12.5. The fraction of sp³-hybridized carbons (Fsp3) is 0.867. The highest BCUT2D eigenvalue weighted by Crippen LogP contribution is 2.33.